The van der Waals surface area contributed by atoms with Crippen molar-refractivity contribution in [3.05, 3.63) is 188 Å². The van der Waals surface area contributed by atoms with E-state index < -0.39 is 0 Å². The number of furan rings is 2. The lowest BCUT2D eigenvalue weighted by Crippen LogP contribution is -2.10. The Hall–Kier alpha value is -6.84. The van der Waals surface area contributed by atoms with Gasteiger partial charge in [-0.05, 0) is 70.3 Å². The Morgan fingerprint density at radius 1 is 0.314 bits per heavy atom. The summed E-state index contributed by atoms with van der Waals surface area (Å²) in [5, 5.41) is 4.19. The molecule has 2 heterocycles. The van der Waals surface area contributed by atoms with E-state index in [1.807, 2.05) is 18.2 Å². The van der Waals surface area contributed by atoms with Gasteiger partial charge in [-0.15, -0.1) is 0 Å². The van der Waals surface area contributed by atoms with Gasteiger partial charge >= 0.3 is 0 Å². The summed E-state index contributed by atoms with van der Waals surface area (Å²) in [4.78, 5) is 2.29. The number of nitrogens with zero attached hydrogens (tertiary/aromatic N) is 1. The molecule has 10 aromatic rings. The molecule has 0 aliphatic carbocycles. The zero-order chi connectivity index (χ0) is 33.7. The first-order valence-corrected chi connectivity index (χ1v) is 17.3. The third kappa shape index (κ3) is 4.98. The summed E-state index contributed by atoms with van der Waals surface area (Å²) in [7, 11) is 0. The van der Waals surface area contributed by atoms with Gasteiger partial charge in [0.1, 0.15) is 16.7 Å². The van der Waals surface area contributed by atoms with Crippen LogP contribution in [-0.2, 0) is 0 Å². The Balaban J connectivity index is 1.14. The summed E-state index contributed by atoms with van der Waals surface area (Å²) in [5.41, 5.74) is 13.4. The number of rotatable bonds is 6. The molecule has 0 spiro atoms. The monoisotopic (exact) mass is 653 g/mol. The summed E-state index contributed by atoms with van der Waals surface area (Å²) in [5.74, 6) is 0. The second-order valence-corrected chi connectivity index (χ2v) is 12.9. The highest BCUT2D eigenvalue weighted by Gasteiger charge is 2.21. The molecule has 0 amide bonds. The van der Waals surface area contributed by atoms with Crippen molar-refractivity contribution in [2.45, 2.75) is 0 Å². The van der Waals surface area contributed by atoms with Crippen molar-refractivity contribution >= 4 is 60.9 Å². The van der Waals surface area contributed by atoms with E-state index in [1.165, 1.54) is 22.3 Å². The SMILES string of the molecule is c1ccc(-c2ccc(N(c3ccc(-c4ccccc4)cc3)c3cccc4c3oc3cc5c(cc34)oc3c(-c4ccccc4)cccc35)cc2)cc1. The molecule has 10 rings (SSSR count). The van der Waals surface area contributed by atoms with Crippen molar-refractivity contribution in [3.63, 3.8) is 0 Å². The molecule has 51 heavy (non-hydrogen) atoms. The number of fused-ring (bicyclic) bond motifs is 6. The molecule has 3 heteroatoms. The fourth-order valence-corrected chi connectivity index (χ4v) is 7.39. The van der Waals surface area contributed by atoms with Crippen LogP contribution in [0.2, 0.25) is 0 Å². The van der Waals surface area contributed by atoms with Crippen molar-refractivity contribution in [1.82, 2.24) is 0 Å². The van der Waals surface area contributed by atoms with Crippen molar-refractivity contribution in [3.8, 4) is 33.4 Å². The van der Waals surface area contributed by atoms with Gasteiger partial charge in [-0.1, -0.05) is 146 Å². The Kier molecular flexibility index (Phi) is 6.81. The molecular weight excluding hydrogens is 623 g/mol. The van der Waals surface area contributed by atoms with E-state index in [9.17, 15) is 0 Å². The first-order chi connectivity index (χ1) is 25.3. The molecule has 0 aliphatic rings. The van der Waals surface area contributed by atoms with Gasteiger partial charge in [0, 0.05) is 38.5 Å². The number of hydrogen-bond donors (Lipinski definition) is 0. The second kappa shape index (κ2) is 11.9. The molecule has 240 valence electrons. The van der Waals surface area contributed by atoms with Gasteiger partial charge in [0.2, 0.25) is 0 Å². The summed E-state index contributed by atoms with van der Waals surface area (Å²) >= 11 is 0. The van der Waals surface area contributed by atoms with Crippen LogP contribution < -0.4 is 4.90 Å². The molecule has 2 aromatic heterocycles. The van der Waals surface area contributed by atoms with Crippen LogP contribution in [0, 0.1) is 0 Å². The molecule has 0 saturated carbocycles. The summed E-state index contributed by atoms with van der Waals surface area (Å²) < 4.78 is 13.5. The van der Waals surface area contributed by atoms with Gasteiger partial charge in [-0.2, -0.15) is 0 Å². The molecule has 0 aliphatic heterocycles. The highest BCUT2D eigenvalue weighted by atomic mass is 16.3. The Morgan fingerprint density at radius 3 is 1.27 bits per heavy atom. The molecule has 0 unspecified atom stereocenters. The van der Waals surface area contributed by atoms with Crippen molar-refractivity contribution in [2.24, 2.45) is 0 Å². The summed E-state index contributed by atoms with van der Waals surface area (Å²) in [6, 6.07) is 66.0. The van der Waals surface area contributed by atoms with Crippen molar-refractivity contribution in [1.29, 1.82) is 0 Å². The molecular formula is C48H31NO2. The molecule has 3 nitrogen and oxygen atoms in total. The van der Waals surface area contributed by atoms with Crippen molar-refractivity contribution < 1.29 is 8.83 Å². The molecule has 0 bridgehead atoms. The van der Waals surface area contributed by atoms with Gasteiger partial charge in [-0.25, -0.2) is 0 Å². The molecule has 0 fully saturated rings. The summed E-state index contributed by atoms with van der Waals surface area (Å²) in [6.45, 7) is 0. The minimum Gasteiger partial charge on any atom is -0.455 e. The minimum absolute atomic E-state index is 0.828. The zero-order valence-corrected chi connectivity index (χ0v) is 27.7. The van der Waals surface area contributed by atoms with Crippen LogP contribution in [0.4, 0.5) is 17.1 Å². The van der Waals surface area contributed by atoms with Crippen LogP contribution in [0.5, 0.6) is 0 Å². The zero-order valence-electron chi connectivity index (χ0n) is 27.7. The second-order valence-electron chi connectivity index (χ2n) is 12.9. The third-order valence-corrected chi connectivity index (χ3v) is 9.89. The lowest BCUT2D eigenvalue weighted by Gasteiger charge is -2.26. The van der Waals surface area contributed by atoms with Gasteiger partial charge in [0.15, 0.2) is 5.58 Å². The average molecular weight is 654 g/mol. The van der Waals surface area contributed by atoms with E-state index in [-0.39, 0.29) is 0 Å². The number of para-hydroxylation sites is 2. The Morgan fingerprint density at radius 2 is 0.745 bits per heavy atom. The lowest BCUT2D eigenvalue weighted by molar-refractivity contribution is 0.664. The Bertz CT molecular complexity index is 2730. The first-order valence-electron chi connectivity index (χ1n) is 17.3. The maximum Gasteiger partial charge on any atom is 0.159 e. The predicted molar refractivity (Wildman–Crippen MR) is 212 cm³/mol. The lowest BCUT2D eigenvalue weighted by atomic mass is 10.0. The Labute approximate surface area is 295 Å². The molecule has 0 atom stereocenters. The fourth-order valence-electron chi connectivity index (χ4n) is 7.39. The van der Waals surface area contributed by atoms with Crippen LogP contribution >= 0.6 is 0 Å². The van der Waals surface area contributed by atoms with Crippen LogP contribution in [-0.4, -0.2) is 0 Å². The average Bonchev–Trinajstić information content (AvgIpc) is 3.76. The van der Waals surface area contributed by atoms with Gasteiger partial charge in [0.05, 0.1) is 5.69 Å². The topological polar surface area (TPSA) is 29.5 Å². The van der Waals surface area contributed by atoms with Gasteiger partial charge in [0.25, 0.3) is 0 Å². The normalized spacial score (nSPS) is 11.5. The molecule has 0 radical (unpaired) electrons. The number of benzene rings is 8. The molecule has 8 aromatic carbocycles. The van der Waals surface area contributed by atoms with E-state index in [0.29, 0.717) is 0 Å². The van der Waals surface area contributed by atoms with E-state index in [4.69, 9.17) is 8.83 Å². The van der Waals surface area contributed by atoms with E-state index in [1.54, 1.807) is 0 Å². The van der Waals surface area contributed by atoms with Crippen LogP contribution in [0.15, 0.2) is 197 Å². The largest absolute Gasteiger partial charge is 0.455 e. The predicted octanol–water partition coefficient (Wildman–Crippen LogP) is 14.0. The van der Waals surface area contributed by atoms with E-state index in [2.05, 4.69) is 175 Å². The van der Waals surface area contributed by atoms with Crippen molar-refractivity contribution in [2.75, 3.05) is 4.90 Å². The summed E-state index contributed by atoms with van der Waals surface area (Å²) in [6.07, 6.45) is 0. The van der Waals surface area contributed by atoms with E-state index >= 15 is 0 Å². The maximum atomic E-state index is 6.85. The van der Waals surface area contributed by atoms with Crippen LogP contribution in [0.1, 0.15) is 0 Å². The number of hydrogen-bond acceptors (Lipinski definition) is 3. The third-order valence-electron chi connectivity index (χ3n) is 9.89. The first kappa shape index (κ1) is 29.1. The minimum atomic E-state index is 0.828. The maximum absolute atomic E-state index is 6.85. The number of anilines is 3. The van der Waals surface area contributed by atoms with Gasteiger partial charge < -0.3 is 13.7 Å². The molecule has 0 saturated heterocycles. The quantitative estimate of drug-likeness (QED) is 0.179. The van der Waals surface area contributed by atoms with Gasteiger partial charge in [-0.3, -0.25) is 0 Å². The molecule has 0 N–H and O–H groups in total. The fraction of sp³-hybridized carbons (Fsp3) is 0. The standard InChI is InChI=1S/C48H31NO2/c1-4-12-32(13-5-1)34-22-26-37(27-23-34)49(38-28-24-35(25-29-38)33-14-6-2-7-15-33)44-21-11-20-41-43-31-45-42(30-46(43)51-48(41)44)40-19-10-18-39(47(40)50-45)36-16-8-3-9-17-36/h1-31H. The van der Waals surface area contributed by atoms with E-state index in [0.717, 1.165) is 72.1 Å². The van der Waals surface area contributed by atoms with Crippen LogP contribution in [0.3, 0.4) is 0 Å². The highest BCUT2D eigenvalue weighted by Crippen LogP contribution is 2.45. The smallest absolute Gasteiger partial charge is 0.159 e. The highest BCUT2D eigenvalue weighted by molar-refractivity contribution is 6.18. The van der Waals surface area contributed by atoms with Crippen LogP contribution in [0.25, 0.3) is 77.3 Å².